The molecule has 2 aromatic rings. The molecule has 0 unspecified atom stereocenters. The van der Waals surface area contributed by atoms with Crippen molar-refractivity contribution < 1.29 is 9.59 Å². The molecule has 0 saturated carbocycles. The first kappa shape index (κ1) is 17.0. The van der Waals surface area contributed by atoms with E-state index in [1.165, 1.54) is 0 Å². The Morgan fingerprint density at radius 3 is 2.74 bits per heavy atom. The average Bonchev–Trinajstić information content (AvgIpc) is 2.56. The fourth-order valence-electron chi connectivity index (χ4n) is 2.03. The van der Waals surface area contributed by atoms with Crippen molar-refractivity contribution in [1.82, 2.24) is 15.6 Å². The second-order valence-electron chi connectivity index (χ2n) is 5.06. The maximum absolute atomic E-state index is 12.1. The van der Waals surface area contributed by atoms with Crippen LogP contribution in [0, 0.1) is 6.92 Å². The van der Waals surface area contributed by atoms with Gasteiger partial charge in [0.25, 0.3) is 5.91 Å². The van der Waals surface area contributed by atoms with Gasteiger partial charge in [0.1, 0.15) is 0 Å². The van der Waals surface area contributed by atoms with Gasteiger partial charge in [-0.25, -0.2) is 0 Å². The lowest BCUT2D eigenvalue weighted by molar-refractivity contribution is -0.121. The highest BCUT2D eigenvalue weighted by Gasteiger charge is 2.11. The number of carbonyl (C=O) groups is 2. The molecule has 120 valence electrons. The monoisotopic (exact) mass is 331 g/mol. The molecule has 1 aromatic carbocycles. The second kappa shape index (κ2) is 8.29. The third-order valence-electron chi connectivity index (χ3n) is 3.36. The van der Waals surface area contributed by atoms with E-state index in [9.17, 15) is 9.59 Å². The Hall–Kier alpha value is -2.40. The van der Waals surface area contributed by atoms with Crippen molar-refractivity contribution in [2.45, 2.75) is 19.9 Å². The Morgan fingerprint density at radius 1 is 1.17 bits per heavy atom. The smallest absolute Gasteiger partial charge is 0.251 e. The summed E-state index contributed by atoms with van der Waals surface area (Å²) in [5.74, 6) is -0.359. The maximum atomic E-state index is 12.1. The fourth-order valence-corrected chi connectivity index (χ4v) is 2.20. The number of halogens is 1. The third-order valence-corrected chi connectivity index (χ3v) is 3.77. The van der Waals surface area contributed by atoms with Gasteiger partial charge in [-0.3, -0.25) is 14.6 Å². The highest BCUT2D eigenvalue weighted by atomic mass is 35.5. The fraction of sp³-hybridized carbons (Fsp3) is 0.235. The van der Waals surface area contributed by atoms with Crippen molar-refractivity contribution >= 4 is 23.4 Å². The molecule has 0 saturated heterocycles. The van der Waals surface area contributed by atoms with Crippen molar-refractivity contribution in [3.05, 3.63) is 64.4 Å². The molecular formula is C17H18ClN3O2. The molecule has 0 bridgehead atoms. The predicted octanol–water partition coefficient (Wildman–Crippen LogP) is 2.48. The first-order valence-electron chi connectivity index (χ1n) is 7.27. The van der Waals surface area contributed by atoms with E-state index < -0.39 is 0 Å². The number of amides is 2. The number of nitrogens with one attached hydrogen (secondary N) is 2. The van der Waals surface area contributed by atoms with Crippen LogP contribution in [0.2, 0.25) is 5.02 Å². The summed E-state index contributed by atoms with van der Waals surface area (Å²) in [5.41, 5.74) is 2.18. The largest absolute Gasteiger partial charge is 0.352 e. The lowest BCUT2D eigenvalue weighted by Gasteiger charge is -2.09. The Kier molecular flexibility index (Phi) is 6.11. The van der Waals surface area contributed by atoms with E-state index in [4.69, 9.17) is 11.6 Å². The minimum absolute atomic E-state index is 0.128. The number of pyridine rings is 1. The molecule has 0 atom stereocenters. The Balaban J connectivity index is 1.75. The van der Waals surface area contributed by atoms with E-state index >= 15 is 0 Å². The highest BCUT2D eigenvalue weighted by Crippen LogP contribution is 2.18. The van der Waals surface area contributed by atoms with Gasteiger partial charge in [-0.1, -0.05) is 23.7 Å². The first-order valence-corrected chi connectivity index (χ1v) is 7.64. The molecule has 1 heterocycles. The van der Waals surface area contributed by atoms with Crippen LogP contribution in [0.1, 0.15) is 27.9 Å². The molecule has 2 rings (SSSR count). The molecule has 0 radical (unpaired) electrons. The van der Waals surface area contributed by atoms with Gasteiger partial charge in [-0.05, 0) is 36.2 Å². The summed E-state index contributed by atoms with van der Waals surface area (Å²) in [7, 11) is 0. The number of hydrogen-bond donors (Lipinski definition) is 2. The molecule has 1 aromatic heterocycles. The number of rotatable bonds is 6. The van der Waals surface area contributed by atoms with Gasteiger partial charge in [0.05, 0.1) is 0 Å². The SMILES string of the molecule is Cc1c(Cl)cccc1C(=O)NCCC(=O)NCc1cccnc1. The van der Waals surface area contributed by atoms with E-state index in [-0.39, 0.29) is 24.8 Å². The van der Waals surface area contributed by atoms with Crippen LogP contribution in [0.3, 0.4) is 0 Å². The van der Waals surface area contributed by atoms with Crippen molar-refractivity contribution in [1.29, 1.82) is 0 Å². The summed E-state index contributed by atoms with van der Waals surface area (Å²) in [5, 5.41) is 6.05. The zero-order valence-electron chi connectivity index (χ0n) is 12.8. The van der Waals surface area contributed by atoms with E-state index in [1.54, 1.807) is 37.5 Å². The van der Waals surface area contributed by atoms with Gasteiger partial charge in [-0.15, -0.1) is 0 Å². The van der Waals surface area contributed by atoms with E-state index in [1.807, 2.05) is 12.1 Å². The van der Waals surface area contributed by atoms with Crippen LogP contribution < -0.4 is 10.6 Å². The Labute approximate surface area is 140 Å². The van der Waals surface area contributed by atoms with Gasteiger partial charge in [-0.2, -0.15) is 0 Å². The van der Waals surface area contributed by atoms with Crippen molar-refractivity contribution in [3.63, 3.8) is 0 Å². The standard InChI is InChI=1S/C17H18ClN3O2/c1-12-14(5-2-6-15(12)18)17(23)20-9-7-16(22)21-11-13-4-3-8-19-10-13/h2-6,8,10H,7,9,11H2,1H3,(H,20,23)(H,21,22). The molecule has 0 aliphatic rings. The average molecular weight is 332 g/mol. The van der Waals surface area contributed by atoms with Crippen LogP contribution in [-0.2, 0) is 11.3 Å². The summed E-state index contributed by atoms with van der Waals surface area (Å²) in [6.45, 7) is 2.48. The first-order chi connectivity index (χ1) is 11.1. The quantitative estimate of drug-likeness (QED) is 0.854. The topological polar surface area (TPSA) is 71.1 Å². The molecule has 2 N–H and O–H groups in total. The summed E-state index contributed by atoms with van der Waals surface area (Å²) in [4.78, 5) is 27.8. The van der Waals surface area contributed by atoms with E-state index in [0.717, 1.165) is 11.1 Å². The summed E-state index contributed by atoms with van der Waals surface area (Å²) in [6, 6.07) is 8.87. The molecule has 0 aliphatic heterocycles. The van der Waals surface area contributed by atoms with Crippen LogP contribution >= 0.6 is 11.6 Å². The van der Waals surface area contributed by atoms with Crippen molar-refractivity contribution in [2.24, 2.45) is 0 Å². The Bertz CT molecular complexity index is 689. The molecule has 5 nitrogen and oxygen atoms in total. The van der Waals surface area contributed by atoms with Crippen LogP contribution in [0.4, 0.5) is 0 Å². The number of nitrogens with zero attached hydrogens (tertiary/aromatic N) is 1. The molecule has 0 fully saturated rings. The third kappa shape index (κ3) is 5.07. The van der Waals surface area contributed by atoms with E-state index in [0.29, 0.717) is 17.1 Å². The molecule has 0 spiro atoms. The normalized spacial score (nSPS) is 10.2. The minimum atomic E-state index is -0.231. The molecular weight excluding hydrogens is 314 g/mol. The van der Waals surface area contributed by atoms with Gasteiger partial charge in [0.2, 0.25) is 5.91 Å². The summed E-state index contributed by atoms with van der Waals surface area (Å²) in [6.07, 6.45) is 3.59. The van der Waals surface area contributed by atoms with Crippen molar-refractivity contribution in [2.75, 3.05) is 6.54 Å². The van der Waals surface area contributed by atoms with Gasteiger partial charge >= 0.3 is 0 Å². The number of benzene rings is 1. The van der Waals surface area contributed by atoms with Crippen molar-refractivity contribution in [3.8, 4) is 0 Å². The number of aromatic nitrogens is 1. The maximum Gasteiger partial charge on any atom is 0.251 e. The lowest BCUT2D eigenvalue weighted by Crippen LogP contribution is -2.30. The summed E-state index contributed by atoms with van der Waals surface area (Å²) >= 11 is 5.99. The van der Waals surface area contributed by atoms with Gasteiger partial charge < -0.3 is 10.6 Å². The molecule has 23 heavy (non-hydrogen) atoms. The lowest BCUT2D eigenvalue weighted by atomic mass is 10.1. The Morgan fingerprint density at radius 2 is 2.00 bits per heavy atom. The van der Waals surface area contributed by atoms with Crippen LogP contribution in [-0.4, -0.2) is 23.3 Å². The van der Waals surface area contributed by atoms with Crippen LogP contribution in [0.15, 0.2) is 42.7 Å². The molecule has 2 amide bonds. The van der Waals surface area contributed by atoms with Crippen LogP contribution in [0.25, 0.3) is 0 Å². The van der Waals surface area contributed by atoms with Gasteiger partial charge in [0.15, 0.2) is 0 Å². The highest BCUT2D eigenvalue weighted by molar-refractivity contribution is 6.31. The predicted molar refractivity (Wildman–Crippen MR) is 89.2 cm³/mol. The molecule has 0 aliphatic carbocycles. The zero-order chi connectivity index (χ0) is 16.7. The van der Waals surface area contributed by atoms with E-state index in [2.05, 4.69) is 15.6 Å². The zero-order valence-corrected chi connectivity index (χ0v) is 13.6. The van der Waals surface area contributed by atoms with Gasteiger partial charge in [0, 0.05) is 42.5 Å². The molecule has 6 heteroatoms. The number of carbonyl (C=O) groups excluding carboxylic acids is 2. The minimum Gasteiger partial charge on any atom is -0.352 e. The second-order valence-corrected chi connectivity index (χ2v) is 5.46. The summed E-state index contributed by atoms with van der Waals surface area (Å²) < 4.78 is 0. The van der Waals surface area contributed by atoms with Crippen LogP contribution in [0.5, 0.6) is 0 Å². The number of hydrogen-bond acceptors (Lipinski definition) is 3.